The van der Waals surface area contributed by atoms with Crippen molar-refractivity contribution >= 4 is 11.3 Å². The second-order valence-corrected chi connectivity index (χ2v) is 2.91. The third-order valence-electron chi connectivity index (χ3n) is 1.54. The molecule has 10 heavy (non-hydrogen) atoms. The van der Waals surface area contributed by atoms with Gasteiger partial charge in [-0.15, -0.1) is 0 Å². The number of thiazole rings is 1. The van der Waals surface area contributed by atoms with E-state index in [0.29, 0.717) is 0 Å². The Balaban J connectivity index is 3.13. The van der Waals surface area contributed by atoms with Gasteiger partial charge in [0, 0.05) is 17.6 Å². The van der Waals surface area contributed by atoms with Gasteiger partial charge in [-0.1, -0.05) is 18.3 Å². The Morgan fingerprint density at radius 1 is 1.60 bits per heavy atom. The van der Waals surface area contributed by atoms with E-state index >= 15 is 0 Å². The molecule has 1 aromatic heterocycles. The Bertz CT molecular complexity index is 261. The van der Waals surface area contributed by atoms with Crippen molar-refractivity contribution in [2.45, 2.75) is 26.8 Å². The summed E-state index contributed by atoms with van der Waals surface area (Å²) in [5, 5.41) is 1.94. The zero-order valence-corrected chi connectivity index (χ0v) is 7.07. The molecule has 0 aliphatic carbocycles. The maximum absolute atomic E-state index is 11.0. The monoisotopic (exact) mass is 157 g/mol. The molecule has 0 N–H and O–H groups in total. The minimum atomic E-state index is 0.166. The van der Waals surface area contributed by atoms with Crippen LogP contribution in [0, 0.1) is 0 Å². The number of aryl methyl sites for hydroxylation is 1. The molecule has 0 spiro atoms. The third-order valence-corrected chi connectivity index (χ3v) is 2.35. The first-order valence-electron chi connectivity index (χ1n) is 3.46. The highest BCUT2D eigenvalue weighted by atomic mass is 32.1. The van der Waals surface area contributed by atoms with Crippen LogP contribution in [0.4, 0.5) is 0 Å². The summed E-state index contributed by atoms with van der Waals surface area (Å²) >= 11 is 1.29. The molecule has 0 aliphatic rings. The molecule has 1 rings (SSSR count). The lowest BCUT2D eigenvalue weighted by atomic mass is 10.4. The minimum absolute atomic E-state index is 0.166. The molecular weight excluding hydrogens is 146 g/mol. The van der Waals surface area contributed by atoms with Gasteiger partial charge in [0.05, 0.1) is 0 Å². The number of nitrogens with zero attached hydrogens (tertiary/aromatic N) is 1. The summed E-state index contributed by atoms with van der Waals surface area (Å²) in [6.07, 6.45) is 0.951. The molecule has 2 nitrogen and oxygen atoms in total. The molecule has 0 fully saturated rings. The fraction of sp³-hybridized carbons (Fsp3) is 0.571. The summed E-state index contributed by atoms with van der Waals surface area (Å²) in [6, 6.07) is 0. The lowest BCUT2D eigenvalue weighted by Crippen LogP contribution is -2.13. The predicted octanol–water partition coefficient (Wildman–Crippen LogP) is 1.49. The van der Waals surface area contributed by atoms with Gasteiger partial charge in [-0.3, -0.25) is 4.79 Å². The van der Waals surface area contributed by atoms with Crippen LogP contribution in [0.25, 0.3) is 0 Å². The van der Waals surface area contributed by atoms with Crippen LogP contribution in [0.3, 0.4) is 0 Å². The van der Waals surface area contributed by atoms with Crippen molar-refractivity contribution < 1.29 is 0 Å². The maximum atomic E-state index is 11.0. The van der Waals surface area contributed by atoms with Crippen LogP contribution in [0.15, 0.2) is 10.2 Å². The Hall–Kier alpha value is -0.570. The molecule has 0 amide bonds. The van der Waals surface area contributed by atoms with Gasteiger partial charge in [-0.25, -0.2) is 0 Å². The molecule has 0 unspecified atom stereocenters. The van der Waals surface area contributed by atoms with E-state index in [9.17, 15) is 4.79 Å². The fourth-order valence-electron chi connectivity index (χ4n) is 0.969. The first kappa shape index (κ1) is 7.54. The fourth-order valence-corrected chi connectivity index (χ4v) is 1.87. The van der Waals surface area contributed by atoms with Gasteiger partial charge in [0.25, 0.3) is 0 Å². The summed E-state index contributed by atoms with van der Waals surface area (Å²) in [5.41, 5.74) is 1.15. The maximum Gasteiger partial charge on any atom is 0.307 e. The van der Waals surface area contributed by atoms with Gasteiger partial charge < -0.3 is 4.57 Å². The van der Waals surface area contributed by atoms with Crippen LogP contribution in [-0.4, -0.2) is 4.57 Å². The molecule has 0 saturated heterocycles. The predicted molar refractivity (Wildman–Crippen MR) is 43.6 cm³/mol. The zero-order valence-electron chi connectivity index (χ0n) is 6.26. The van der Waals surface area contributed by atoms with Crippen LogP contribution >= 0.6 is 11.3 Å². The molecule has 0 aliphatic heterocycles. The summed E-state index contributed by atoms with van der Waals surface area (Å²) in [7, 11) is 0. The SMILES string of the molecule is CCc1csc(=O)n1CC. The van der Waals surface area contributed by atoms with Crippen molar-refractivity contribution in [3.8, 4) is 0 Å². The van der Waals surface area contributed by atoms with Gasteiger partial charge in [0.1, 0.15) is 0 Å². The number of hydrogen-bond acceptors (Lipinski definition) is 2. The average molecular weight is 157 g/mol. The van der Waals surface area contributed by atoms with Crippen molar-refractivity contribution in [3.05, 3.63) is 20.7 Å². The Kier molecular flexibility index (Phi) is 2.27. The molecule has 0 aromatic carbocycles. The van der Waals surface area contributed by atoms with E-state index in [1.54, 1.807) is 0 Å². The van der Waals surface area contributed by atoms with Crippen molar-refractivity contribution in [1.29, 1.82) is 0 Å². The Morgan fingerprint density at radius 3 is 2.70 bits per heavy atom. The van der Waals surface area contributed by atoms with Crippen molar-refractivity contribution in [3.63, 3.8) is 0 Å². The molecule has 3 heteroatoms. The quantitative estimate of drug-likeness (QED) is 0.637. The van der Waals surface area contributed by atoms with Gasteiger partial charge in [0.2, 0.25) is 0 Å². The van der Waals surface area contributed by atoms with Crippen LogP contribution in [0.5, 0.6) is 0 Å². The molecule has 0 bridgehead atoms. The van der Waals surface area contributed by atoms with Crippen LogP contribution in [0.1, 0.15) is 19.5 Å². The van der Waals surface area contributed by atoms with E-state index in [4.69, 9.17) is 0 Å². The van der Waals surface area contributed by atoms with Crippen LogP contribution in [-0.2, 0) is 13.0 Å². The molecule has 56 valence electrons. The molecule has 0 radical (unpaired) electrons. The highest BCUT2D eigenvalue weighted by molar-refractivity contribution is 7.07. The largest absolute Gasteiger partial charge is 0.307 e. The van der Waals surface area contributed by atoms with E-state index in [1.807, 2.05) is 16.9 Å². The van der Waals surface area contributed by atoms with Gasteiger partial charge in [0.15, 0.2) is 0 Å². The molecular formula is C7H11NOS. The highest BCUT2D eigenvalue weighted by Gasteiger charge is 2.00. The average Bonchev–Trinajstić information content (AvgIpc) is 2.30. The highest BCUT2D eigenvalue weighted by Crippen LogP contribution is 2.01. The molecule has 1 aromatic rings. The van der Waals surface area contributed by atoms with Gasteiger partial charge >= 0.3 is 4.87 Å². The Labute approximate surface area is 64.1 Å². The second-order valence-electron chi connectivity index (χ2n) is 2.09. The van der Waals surface area contributed by atoms with Crippen molar-refractivity contribution in [2.75, 3.05) is 0 Å². The standard InChI is InChI=1S/C7H11NOS/c1-3-6-5-10-7(9)8(6)4-2/h5H,3-4H2,1-2H3. The van der Waals surface area contributed by atoms with E-state index in [0.717, 1.165) is 18.7 Å². The van der Waals surface area contributed by atoms with E-state index in [-0.39, 0.29) is 4.87 Å². The van der Waals surface area contributed by atoms with Gasteiger partial charge in [-0.05, 0) is 13.3 Å². The van der Waals surface area contributed by atoms with E-state index < -0.39 is 0 Å². The lowest BCUT2D eigenvalue weighted by molar-refractivity contribution is 0.703. The van der Waals surface area contributed by atoms with Crippen molar-refractivity contribution in [2.24, 2.45) is 0 Å². The first-order chi connectivity index (χ1) is 4.79. The zero-order chi connectivity index (χ0) is 7.56. The van der Waals surface area contributed by atoms with Crippen LogP contribution in [0.2, 0.25) is 0 Å². The van der Waals surface area contributed by atoms with Crippen LogP contribution < -0.4 is 4.87 Å². The third kappa shape index (κ3) is 1.14. The lowest BCUT2D eigenvalue weighted by Gasteiger charge is -1.98. The second kappa shape index (κ2) is 3.01. The summed E-state index contributed by atoms with van der Waals surface area (Å²) in [5.74, 6) is 0. The first-order valence-corrected chi connectivity index (χ1v) is 4.34. The summed E-state index contributed by atoms with van der Waals surface area (Å²) in [6.45, 7) is 4.85. The Morgan fingerprint density at radius 2 is 2.30 bits per heavy atom. The van der Waals surface area contributed by atoms with Crippen molar-refractivity contribution in [1.82, 2.24) is 4.57 Å². The van der Waals surface area contributed by atoms with E-state index in [2.05, 4.69) is 6.92 Å². The van der Waals surface area contributed by atoms with E-state index in [1.165, 1.54) is 11.3 Å². The number of hydrogen-bond donors (Lipinski definition) is 0. The smallest absolute Gasteiger partial charge is 0.303 e. The number of rotatable bonds is 2. The molecule has 1 heterocycles. The minimum Gasteiger partial charge on any atom is -0.303 e. The number of aromatic nitrogens is 1. The molecule has 0 saturated carbocycles. The van der Waals surface area contributed by atoms with Gasteiger partial charge in [-0.2, -0.15) is 0 Å². The molecule has 0 atom stereocenters. The topological polar surface area (TPSA) is 22.0 Å². The summed E-state index contributed by atoms with van der Waals surface area (Å²) in [4.78, 5) is 11.2. The summed E-state index contributed by atoms with van der Waals surface area (Å²) < 4.78 is 1.81. The normalized spacial score (nSPS) is 10.2.